The SMILES string of the molecule is Cc1cccc(COc2ccc(C=Nn3c(C(C)(C)C)nc4ccc(Br)cc4c3=O)cc2)c1. The highest BCUT2D eigenvalue weighted by Gasteiger charge is 2.22. The minimum absolute atomic E-state index is 0.194. The molecule has 0 amide bonds. The van der Waals surface area contributed by atoms with Crippen molar-refractivity contribution in [3.63, 3.8) is 0 Å². The zero-order chi connectivity index (χ0) is 23.6. The number of aromatic nitrogens is 2. The molecule has 0 fully saturated rings. The Bertz CT molecular complexity index is 1380. The number of hydrogen-bond donors (Lipinski definition) is 0. The van der Waals surface area contributed by atoms with Gasteiger partial charge in [0.2, 0.25) is 0 Å². The molecule has 3 aromatic carbocycles. The average Bonchev–Trinajstić information content (AvgIpc) is 2.77. The van der Waals surface area contributed by atoms with Crippen LogP contribution in [0.15, 0.2) is 81.1 Å². The van der Waals surface area contributed by atoms with E-state index in [1.807, 2.05) is 63.2 Å². The van der Waals surface area contributed by atoms with E-state index >= 15 is 0 Å². The molecule has 1 aromatic heterocycles. The minimum atomic E-state index is -0.356. The van der Waals surface area contributed by atoms with Crippen LogP contribution in [0.4, 0.5) is 0 Å². The molecule has 0 saturated carbocycles. The van der Waals surface area contributed by atoms with Crippen molar-refractivity contribution >= 4 is 33.0 Å². The van der Waals surface area contributed by atoms with Crippen LogP contribution in [0, 0.1) is 6.92 Å². The largest absolute Gasteiger partial charge is 0.489 e. The van der Waals surface area contributed by atoms with Crippen LogP contribution in [0.3, 0.4) is 0 Å². The minimum Gasteiger partial charge on any atom is -0.489 e. The van der Waals surface area contributed by atoms with E-state index in [4.69, 9.17) is 9.72 Å². The zero-order valence-corrected chi connectivity index (χ0v) is 20.8. The second-order valence-electron chi connectivity index (χ2n) is 9.06. The average molecular weight is 504 g/mol. The molecule has 5 nitrogen and oxygen atoms in total. The fraction of sp³-hybridized carbons (Fsp3) is 0.222. The van der Waals surface area contributed by atoms with Crippen molar-refractivity contribution in [1.29, 1.82) is 0 Å². The van der Waals surface area contributed by atoms with Crippen LogP contribution in [0.1, 0.15) is 43.3 Å². The zero-order valence-electron chi connectivity index (χ0n) is 19.2. The molecular weight excluding hydrogens is 478 g/mol. The molecular formula is C27H26BrN3O2. The first-order chi connectivity index (χ1) is 15.7. The lowest BCUT2D eigenvalue weighted by atomic mass is 9.95. The van der Waals surface area contributed by atoms with Gasteiger partial charge in [0.25, 0.3) is 5.56 Å². The molecule has 0 atom stereocenters. The first-order valence-electron chi connectivity index (χ1n) is 10.8. The van der Waals surface area contributed by atoms with Gasteiger partial charge >= 0.3 is 0 Å². The van der Waals surface area contributed by atoms with E-state index in [0.29, 0.717) is 23.3 Å². The molecule has 4 aromatic rings. The number of aryl methyl sites for hydroxylation is 1. The fourth-order valence-corrected chi connectivity index (χ4v) is 3.85. The summed E-state index contributed by atoms with van der Waals surface area (Å²) in [5, 5.41) is 5.04. The Labute approximate surface area is 201 Å². The molecule has 0 aliphatic heterocycles. The Morgan fingerprint density at radius 3 is 2.52 bits per heavy atom. The Hall–Kier alpha value is -3.25. The molecule has 0 bridgehead atoms. The lowest BCUT2D eigenvalue weighted by Gasteiger charge is -2.20. The maximum atomic E-state index is 13.2. The number of ether oxygens (including phenoxy) is 1. The topological polar surface area (TPSA) is 56.5 Å². The third-order valence-electron chi connectivity index (χ3n) is 5.17. The molecule has 6 heteroatoms. The van der Waals surface area contributed by atoms with Gasteiger partial charge in [0, 0.05) is 9.89 Å². The van der Waals surface area contributed by atoms with Crippen LogP contribution >= 0.6 is 15.9 Å². The highest BCUT2D eigenvalue weighted by Crippen LogP contribution is 2.23. The van der Waals surface area contributed by atoms with Crippen molar-refractivity contribution in [2.24, 2.45) is 5.10 Å². The monoisotopic (exact) mass is 503 g/mol. The van der Waals surface area contributed by atoms with Gasteiger partial charge in [0.1, 0.15) is 18.2 Å². The van der Waals surface area contributed by atoms with Gasteiger partial charge in [-0.25, -0.2) is 4.98 Å². The predicted molar refractivity (Wildman–Crippen MR) is 137 cm³/mol. The van der Waals surface area contributed by atoms with Crippen molar-refractivity contribution < 1.29 is 4.74 Å². The maximum absolute atomic E-state index is 13.2. The number of halogens is 1. The van der Waals surface area contributed by atoms with Crippen molar-refractivity contribution in [3.05, 3.63) is 104 Å². The molecule has 0 unspecified atom stereocenters. The Kier molecular flexibility index (Phi) is 6.47. The van der Waals surface area contributed by atoms with Crippen LogP contribution in [-0.2, 0) is 12.0 Å². The van der Waals surface area contributed by atoms with Crippen molar-refractivity contribution in [3.8, 4) is 5.75 Å². The predicted octanol–water partition coefficient (Wildman–Crippen LogP) is 6.23. The normalized spacial score (nSPS) is 11.9. The fourth-order valence-electron chi connectivity index (χ4n) is 3.48. The summed E-state index contributed by atoms with van der Waals surface area (Å²) in [5.74, 6) is 1.38. The van der Waals surface area contributed by atoms with Crippen molar-refractivity contribution in [2.45, 2.75) is 39.7 Å². The maximum Gasteiger partial charge on any atom is 0.282 e. The number of nitrogens with zero attached hydrogens (tertiary/aromatic N) is 3. The molecule has 0 aliphatic carbocycles. The molecule has 4 rings (SSSR count). The summed E-state index contributed by atoms with van der Waals surface area (Å²) in [6, 6.07) is 21.4. The molecule has 168 valence electrons. The van der Waals surface area contributed by atoms with Crippen molar-refractivity contribution in [2.75, 3.05) is 0 Å². The van der Waals surface area contributed by atoms with Gasteiger partial charge in [-0.3, -0.25) is 4.79 Å². The molecule has 0 radical (unpaired) electrons. The lowest BCUT2D eigenvalue weighted by Crippen LogP contribution is -2.29. The summed E-state index contributed by atoms with van der Waals surface area (Å²) >= 11 is 3.44. The van der Waals surface area contributed by atoms with Gasteiger partial charge in [-0.15, -0.1) is 0 Å². The molecule has 0 spiro atoms. The molecule has 1 heterocycles. The number of benzene rings is 3. The third-order valence-corrected chi connectivity index (χ3v) is 5.66. The summed E-state index contributed by atoms with van der Waals surface area (Å²) < 4.78 is 8.12. The smallest absolute Gasteiger partial charge is 0.282 e. The standard InChI is InChI=1S/C27H26BrN3O2/c1-18-6-5-7-20(14-18)17-33-22-11-8-19(9-12-22)16-29-31-25(32)23-15-21(28)10-13-24(23)30-26(31)27(2,3)4/h5-16H,17H2,1-4H3. The van der Waals surface area contributed by atoms with E-state index in [-0.39, 0.29) is 11.0 Å². The number of rotatable bonds is 5. The van der Waals surface area contributed by atoms with E-state index < -0.39 is 0 Å². The highest BCUT2D eigenvalue weighted by molar-refractivity contribution is 9.10. The quantitative estimate of drug-likeness (QED) is 0.303. The van der Waals surface area contributed by atoms with Crippen LogP contribution in [0.25, 0.3) is 10.9 Å². The Morgan fingerprint density at radius 2 is 1.82 bits per heavy atom. The van der Waals surface area contributed by atoms with Gasteiger partial charge in [0.05, 0.1) is 17.1 Å². The third kappa shape index (κ3) is 5.40. The van der Waals surface area contributed by atoms with Crippen LogP contribution < -0.4 is 10.3 Å². The highest BCUT2D eigenvalue weighted by atomic mass is 79.9. The lowest BCUT2D eigenvalue weighted by molar-refractivity contribution is 0.306. The van der Waals surface area contributed by atoms with E-state index in [1.54, 1.807) is 12.3 Å². The molecule has 0 aliphatic rings. The van der Waals surface area contributed by atoms with E-state index in [1.165, 1.54) is 10.2 Å². The summed E-state index contributed by atoms with van der Waals surface area (Å²) in [4.78, 5) is 18.0. The molecule has 0 saturated heterocycles. The first kappa shape index (κ1) is 22.9. The van der Waals surface area contributed by atoms with Crippen LogP contribution in [0.2, 0.25) is 0 Å². The molecule has 33 heavy (non-hydrogen) atoms. The van der Waals surface area contributed by atoms with Gasteiger partial charge in [0.15, 0.2) is 0 Å². The second kappa shape index (κ2) is 9.32. The summed E-state index contributed by atoms with van der Waals surface area (Å²) in [5.41, 5.74) is 3.31. The van der Waals surface area contributed by atoms with Crippen LogP contribution in [0.5, 0.6) is 5.75 Å². The number of fused-ring (bicyclic) bond motifs is 1. The van der Waals surface area contributed by atoms with E-state index in [0.717, 1.165) is 21.3 Å². The van der Waals surface area contributed by atoms with E-state index in [9.17, 15) is 4.79 Å². The van der Waals surface area contributed by atoms with Crippen LogP contribution in [-0.4, -0.2) is 15.9 Å². The van der Waals surface area contributed by atoms with Gasteiger partial charge in [-0.2, -0.15) is 9.78 Å². The summed E-state index contributed by atoms with van der Waals surface area (Å²) in [7, 11) is 0. The van der Waals surface area contributed by atoms with Gasteiger partial charge in [-0.05, 0) is 60.5 Å². The van der Waals surface area contributed by atoms with Gasteiger partial charge in [-0.1, -0.05) is 66.5 Å². The van der Waals surface area contributed by atoms with Crippen molar-refractivity contribution in [1.82, 2.24) is 9.66 Å². The van der Waals surface area contributed by atoms with Gasteiger partial charge < -0.3 is 4.74 Å². The second-order valence-corrected chi connectivity index (χ2v) is 9.97. The number of hydrogen-bond acceptors (Lipinski definition) is 4. The summed E-state index contributed by atoms with van der Waals surface area (Å²) in [6.07, 6.45) is 1.67. The Morgan fingerprint density at radius 1 is 1.06 bits per heavy atom. The van der Waals surface area contributed by atoms with E-state index in [2.05, 4.69) is 46.2 Å². The Balaban J connectivity index is 1.60. The first-order valence-corrected chi connectivity index (χ1v) is 11.6. The molecule has 0 N–H and O–H groups in total. The summed E-state index contributed by atoms with van der Waals surface area (Å²) in [6.45, 7) is 8.64.